The number of aryl methyl sites for hydroxylation is 1. The molecule has 0 aliphatic heterocycles. The number of ether oxygens (including phenoxy) is 2. The largest absolute Gasteiger partial charge is 0.480 e. The van der Waals surface area contributed by atoms with Gasteiger partial charge in [0.1, 0.15) is 6.07 Å². The molecule has 5 nitrogen and oxygen atoms in total. The fourth-order valence-corrected chi connectivity index (χ4v) is 0.958. The Labute approximate surface area is 70.1 Å². The third kappa shape index (κ3) is 1.07. The van der Waals surface area contributed by atoms with Gasteiger partial charge in [0, 0.05) is 7.05 Å². The van der Waals surface area contributed by atoms with E-state index in [2.05, 4.69) is 5.10 Å². The molecule has 0 aliphatic carbocycles. The second-order valence-corrected chi connectivity index (χ2v) is 2.13. The molecule has 0 saturated heterocycles. The zero-order valence-electron chi connectivity index (χ0n) is 7.16. The van der Waals surface area contributed by atoms with Crippen molar-refractivity contribution >= 4 is 0 Å². The fourth-order valence-electron chi connectivity index (χ4n) is 0.958. The molecule has 12 heavy (non-hydrogen) atoms. The van der Waals surface area contributed by atoms with Gasteiger partial charge >= 0.3 is 0 Å². The third-order valence-corrected chi connectivity index (χ3v) is 1.46. The van der Waals surface area contributed by atoms with Gasteiger partial charge in [-0.2, -0.15) is 5.26 Å². The molecule has 0 unspecified atom stereocenters. The molecular formula is C7H9N3O2. The topological polar surface area (TPSA) is 60.1 Å². The summed E-state index contributed by atoms with van der Waals surface area (Å²) in [5.41, 5.74) is 0.322. The molecule has 5 heteroatoms. The zero-order chi connectivity index (χ0) is 9.14. The molecule has 0 saturated carbocycles. The van der Waals surface area contributed by atoms with E-state index >= 15 is 0 Å². The van der Waals surface area contributed by atoms with Gasteiger partial charge in [0.25, 0.3) is 5.88 Å². The van der Waals surface area contributed by atoms with Crippen LogP contribution in [0, 0.1) is 11.3 Å². The zero-order valence-corrected chi connectivity index (χ0v) is 7.16. The summed E-state index contributed by atoms with van der Waals surface area (Å²) in [6.07, 6.45) is 0. The molecule has 0 fully saturated rings. The molecule has 0 amide bonds. The van der Waals surface area contributed by atoms with Gasteiger partial charge in [-0.1, -0.05) is 0 Å². The van der Waals surface area contributed by atoms with E-state index in [-0.39, 0.29) is 5.88 Å². The van der Waals surface area contributed by atoms with E-state index in [9.17, 15) is 0 Å². The van der Waals surface area contributed by atoms with Gasteiger partial charge in [0.05, 0.1) is 14.2 Å². The highest BCUT2D eigenvalue weighted by molar-refractivity contribution is 5.46. The van der Waals surface area contributed by atoms with Crippen LogP contribution in [-0.4, -0.2) is 24.0 Å². The number of rotatable bonds is 2. The fraction of sp³-hybridized carbons (Fsp3) is 0.429. The number of hydrogen-bond donors (Lipinski definition) is 0. The molecular weight excluding hydrogens is 158 g/mol. The Hall–Kier alpha value is -1.70. The molecule has 1 rings (SSSR count). The number of hydrogen-bond acceptors (Lipinski definition) is 4. The Kier molecular flexibility index (Phi) is 2.19. The van der Waals surface area contributed by atoms with Crippen molar-refractivity contribution in [3.8, 4) is 17.8 Å². The van der Waals surface area contributed by atoms with Crippen LogP contribution in [0.3, 0.4) is 0 Å². The van der Waals surface area contributed by atoms with Gasteiger partial charge < -0.3 is 9.47 Å². The molecule has 0 spiro atoms. The Balaban J connectivity index is 3.28. The van der Waals surface area contributed by atoms with Crippen molar-refractivity contribution in [2.45, 2.75) is 0 Å². The van der Waals surface area contributed by atoms with Crippen LogP contribution >= 0.6 is 0 Å². The average Bonchev–Trinajstić information content (AvgIpc) is 2.40. The molecule has 0 N–H and O–H groups in total. The molecule has 0 atom stereocenters. The summed E-state index contributed by atoms with van der Waals surface area (Å²) in [5.74, 6) is 0.700. The third-order valence-electron chi connectivity index (χ3n) is 1.46. The van der Waals surface area contributed by atoms with Crippen molar-refractivity contribution in [3.63, 3.8) is 0 Å². The summed E-state index contributed by atoms with van der Waals surface area (Å²) in [7, 11) is 4.63. The van der Waals surface area contributed by atoms with Crippen molar-refractivity contribution in [2.75, 3.05) is 14.2 Å². The standard InChI is InChI=1S/C7H9N3O2/c1-10-7(12-3)5(4-8)6(9-10)11-2/h1-3H3. The second kappa shape index (κ2) is 3.13. The minimum absolute atomic E-state index is 0.289. The second-order valence-electron chi connectivity index (χ2n) is 2.13. The number of nitriles is 1. The average molecular weight is 167 g/mol. The summed E-state index contributed by atoms with van der Waals surface area (Å²) in [6.45, 7) is 0. The number of methoxy groups -OCH3 is 2. The van der Waals surface area contributed by atoms with Crippen molar-refractivity contribution in [2.24, 2.45) is 7.05 Å². The highest BCUT2D eigenvalue weighted by Crippen LogP contribution is 2.25. The van der Waals surface area contributed by atoms with Gasteiger partial charge in [-0.25, -0.2) is 4.68 Å². The van der Waals surface area contributed by atoms with Crippen molar-refractivity contribution < 1.29 is 9.47 Å². The molecule has 64 valence electrons. The lowest BCUT2D eigenvalue weighted by atomic mass is 10.4. The van der Waals surface area contributed by atoms with Gasteiger partial charge in [-0.05, 0) is 0 Å². The van der Waals surface area contributed by atoms with E-state index < -0.39 is 0 Å². The molecule has 0 aromatic carbocycles. The van der Waals surface area contributed by atoms with E-state index in [1.54, 1.807) is 7.05 Å². The predicted molar refractivity (Wildman–Crippen MR) is 41.0 cm³/mol. The van der Waals surface area contributed by atoms with Gasteiger partial charge in [-0.15, -0.1) is 5.10 Å². The van der Waals surface area contributed by atoms with Gasteiger partial charge in [0.15, 0.2) is 5.56 Å². The smallest absolute Gasteiger partial charge is 0.254 e. The monoisotopic (exact) mass is 167 g/mol. The van der Waals surface area contributed by atoms with E-state index in [1.807, 2.05) is 6.07 Å². The molecule has 1 aromatic rings. The summed E-state index contributed by atoms with van der Waals surface area (Å²) in [4.78, 5) is 0. The first-order valence-corrected chi connectivity index (χ1v) is 3.29. The Morgan fingerprint density at radius 1 is 1.42 bits per heavy atom. The first kappa shape index (κ1) is 8.40. The lowest BCUT2D eigenvalue weighted by Gasteiger charge is -1.97. The van der Waals surface area contributed by atoms with Crippen LogP contribution in [0.1, 0.15) is 5.56 Å². The highest BCUT2D eigenvalue weighted by Gasteiger charge is 2.16. The first-order valence-electron chi connectivity index (χ1n) is 3.29. The van der Waals surface area contributed by atoms with Crippen LogP contribution in [0.2, 0.25) is 0 Å². The summed E-state index contributed by atoms with van der Waals surface area (Å²) in [5, 5.41) is 12.6. The lowest BCUT2D eigenvalue weighted by Crippen LogP contribution is -1.95. The number of nitrogens with zero attached hydrogens (tertiary/aromatic N) is 3. The van der Waals surface area contributed by atoms with Crippen LogP contribution in [0.4, 0.5) is 0 Å². The normalized spacial score (nSPS) is 9.17. The van der Waals surface area contributed by atoms with E-state index in [0.717, 1.165) is 0 Å². The minimum atomic E-state index is 0.289. The Morgan fingerprint density at radius 2 is 2.08 bits per heavy atom. The van der Waals surface area contributed by atoms with Crippen molar-refractivity contribution in [3.05, 3.63) is 5.56 Å². The van der Waals surface area contributed by atoms with E-state index in [1.165, 1.54) is 18.9 Å². The maximum Gasteiger partial charge on any atom is 0.254 e. The molecule has 1 heterocycles. The van der Waals surface area contributed by atoms with E-state index in [4.69, 9.17) is 14.7 Å². The highest BCUT2D eigenvalue weighted by atomic mass is 16.5. The van der Waals surface area contributed by atoms with Crippen LogP contribution in [0.25, 0.3) is 0 Å². The summed E-state index contributed by atoms with van der Waals surface area (Å²) < 4.78 is 11.3. The SMILES string of the molecule is COc1nn(C)c(OC)c1C#N. The summed E-state index contributed by atoms with van der Waals surface area (Å²) >= 11 is 0. The maximum atomic E-state index is 8.71. The number of aromatic nitrogens is 2. The van der Waals surface area contributed by atoms with Crippen molar-refractivity contribution in [1.82, 2.24) is 9.78 Å². The quantitative estimate of drug-likeness (QED) is 0.636. The Bertz CT molecular complexity index is 324. The first-order chi connectivity index (χ1) is 5.74. The maximum absolute atomic E-state index is 8.71. The molecule has 0 aliphatic rings. The Morgan fingerprint density at radius 3 is 2.50 bits per heavy atom. The van der Waals surface area contributed by atoms with Crippen molar-refractivity contribution in [1.29, 1.82) is 5.26 Å². The van der Waals surface area contributed by atoms with Crippen LogP contribution in [0.15, 0.2) is 0 Å². The molecule has 1 aromatic heterocycles. The van der Waals surface area contributed by atoms with Crippen LogP contribution in [-0.2, 0) is 7.05 Å². The van der Waals surface area contributed by atoms with Crippen LogP contribution in [0.5, 0.6) is 11.8 Å². The van der Waals surface area contributed by atoms with E-state index in [0.29, 0.717) is 11.4 Å². The lowest BCUT2D eigenvalue weighted by molar-refractivity contribution is 0.370. The molecule has 0 radical (unpaired) electrons. The minimum Gasteiger partial charge on any atom is -0.480 e. The molecule has 0 bridgehead atoms. The van der Waals surface area contributed by atoms with Gasteiger partial charge in [0.2, 0.25) is 5.88 Å². The summed E-state index contributed by atoms with van der Waals surface area (Å²) in [6, 6.07) is 1.95. The van der Waals surface area contributed by atoms with Gasteiger partial charge in [-0.3, -0.25) is 0 Å². The predicted octanol–water partition coefficient (Wildman–Crippen LogP) is 0.309. The van der Waals surface area contributed by atoms with Crippen LogP contribution < -0.4 is 9.47 Å².